The maximum Gasteiger partial charge on any atom is 0.130 e. The van der Waals surface area contributed by atoms with Gasteiger partial charge in [-0.2, -0.15) is 0 Å². The Morgan fingerprint density at radius 2 is 2.18 bits per heavy atom. The Labute approximate surface area is 102 Å². The van der Waals surface area contributed by atoms with E-state index >= 15 is 0 Å². The molecule has 1 N–H and O–H groups in total. The third-order valence-electron chi connectivity index (χ3n) is 5.09. The van der Waals surface area contributed by atoms with Crippen molar-refractivity contribution in [3.8, 4) is 0 Å². The van der Waals surface area contributed by atoms with Gasteiger partial charge < -0.3 is 9.90 Å². The van der Waals surface area contributed by atoms with Gasteiger partial charge in [-0.1, -0.05) is 44.1 Å². The fourth-order valence-corrected chi connectivity index (χ4v) is 4.31. The minimum Gasteiger partial charge on any atom is -0.388 e. The van der Waals surface area contributed by atoms with Gasteiger partial charge in [0, 0.05) is 5.92 Å². The van der Waals surface area contributed by atoms with Crippen molar-refractivity contribution in [2.45, 2.75) is 39.7 Å². The molecule has 2 heteroatoms. The van der Waals surface area contributed by atoms with Crippen LogP contribution in [0.5, 0.6) is 0 Å². The van der Waals surface area contributed by atoms with E-state index in [-0.39, 0.29) is 11.3 Å². The van der Waals surface area contributed by atoms with Gasteiger partial charge in [0.2, 0.25) is 0 Å². The Kier molecular flexibility index (Phi) is 2.05. The SMILES string of the molecule is CC1CC=C2C3C1=CC(O)C3(C=O)CC2(C)C. The predicted molar refractivity (Wildman–Crippen MR) is 66.3 cm³/mol. The summed E-state index contributed by atoms with van der Waals surface area (Å²) in [5.74, 6) is 0.642. The molecule has 0 radical (unpaired) electrons. The lowest BCUT2D eigenvalue weighted by atomic mass is 9.71. The normalized spacial score (nSPS) is 46.2. The molecule has 0 heterocycles. The second-order valence-corrected chi connectivity index (χ2v) is 6.63. The standard InChI is InChI=1S/C15H20O2/c1-9-4-5-11-13-10(9)6-12(17)15(13,8-16)7-14(11,2)3/h5-6,8-9,12-13,17H,4,7H2,1-3H3. The summed E-state index contributed by atoms with van der Waals surface area (Å²) < 4.78 is 0. The van der Waals surface area contributed by atoms with E-state index in [1.807, 2.05) is 6.08 Å². The molecule has 92 valence electrons. The lowest BCUT2D eigenvalue weighted by molar-refractivity contribution is -0.121. The number of hydrogen-bond acceptors (Lipinski definition) is 2. The summed E-state index contributed by atoms with van der Waals surface area (Å²) in [6, 6.07) is 0. The molecule has 2 nitrogen and oxygen atoms in total. The monoisotopic (exact) mass is 232 g/mol. The molecule has 4 atom stereocenters. The van der Waals surface area contributed by atoms with Crippen molar-refractivity contribution in [1.29, 1.82) is 0 Å². The maximum absolute atomic E-state index is 11.6. The van der Waals surface area contributed by atoms with E-state index in [0.29, 0.717) is 5.92 Å². The van der Waals surface area contributed by atoms with Gasteiger partial charge in [-0.3, -0.25) is 0 Å². The molecule has 3 aliphatic carbocycles. The molecule has 0 saturated heterocycles. The molecule has 3 rings (SSSR count). The Hall–Kier alpha value is -0.890. The van der Waals surface area contributed by atoms with Gasteiger partial charge in [0.1, 0.15) is 6.29 Å². The Balaban J connectivity index is 2.21. The van der Waals surface area contributed by atoms with E-state index in [4.69, 9.17) is 0 Å². The summed E-state index contributed by atoms with van der Waals surface area (Å²) >= 11 is 0. The molecule has 0 amide bonds. The fraction of sp³-hybridized carbons (Fsp3) is 0.667. The van der Waals surface area contributed by atoms with Crippen LogP contribution in [0.15, 0.2) is 23.3 Å². The summed E-state index contributed by atoms with van der Waals surface area (Å²) in [4.78, 5) is 11.6. The van der Waals surface area contributed by atoms with E-state index < -0.39 is 11.5 Å². The highest BCUT2D eigenvalue weighted by atomic mass is 16.3. The molecule has 4 unspecified atom stereocenters. The highest BCUT2D eigenvalue weighted by Gasteiger charge is 2.62. The van der Waals surface area contributed by atoms with Crippen LogP contribution < -0.4 is 0 Å². The number of aldehydes is 1. The van der Waals surface area contributed by atoms with Gasteiger partial charge in [0.15, 0.2) is 0 Å². The molecular formula is C15H20O2. The van der Waals surface area contributed by atoms with Crippen LogP contribution in [0.3, 0.4) is 0 Å². The van der Waals surface area contributed by atoms with E-state index in [2.05, 4.69) is 26.8 Å². The quantitative estimate of drug-likeness (QED) is 0.557. The van der Waals surface area contributed by atoms with Gasteiger partial charge in [-0.25, -0.2) is 0 Å². The summed E-state index contributed by atoms with van der Waals surface area (Å²) in [5.41, 5.74) is 2.16. The number of carbonyl (C=O) groups excluding carboxylic acids is 1. The molecule has 1 saturated carbocycles. The summed E-state index contributed by atoms with van der Waals surface area (Å²) in [6.45, 7) is 6.59. The van der Waals surface area contributed by atoms with Crippen LogP contribution in [-0.2, 0) is 4.79 Å². The minimum atomic E-state index is -0.592. The highest BCUT2D eigenvalue weighted by molar-refractivity contribution is 5.70. The molecule has 0 aromatic heterocycles. The van der Waals surface area contributed by atoms with Crippen molar-refractivity contribution >= 4 is 6.29 Å². The molecule has 0 aliphatic heterocycles. The summed E-state index contributed by atoms with van der Waals surface area (Å²) in [5, 5.41) is 10.3. The minimum absolute atomic E-state index is 0.0478. The van der Waals surface area contributed by atoms with E-state index in [0.717, 1.165) is 19.1 Å². The van der Waals surface area contributed by atoms with Gasteiger partial charge in [0.05, 0.1) is 11.5 Å². The summed E-state index contributed by atoms with van der Waals surface area (Å²) in [6.07, 6.45) is 6.51. The second-order valence-electron chi connectivity index (χ2n) is 6.63. The van der Waals surface area contributed by atoms with Crippen molar-refractivity contribution in [3.63, 3.8) is 0 Å². The Bertz CT molecular complexity index is 444. The lowest BCUT2D eigenvalue weighted by Crippen LogP contribution is -2.36. The third-order valence-corrected chi connectivity index (χ3v) is 5.09. The number of hydrogen-bond donors (Lipinski definition) is 1. The van der Waals surface area contributed by atoms with Gasteiger partial charge in [-0.05, 0) is 24.2 Å². The second kappa shape index (κ2) is 3.11. The van der Waals surface area contributed by atoms with Crippen molar-refractivity contribution in [2.75, 3.05) is 0 Å². The first kappa shape index (κ1) is 11.2. The number of carbonyl (C=O) groups is 1. The van der Waals surface area contributed by atoms with Crippen LogP contribution in [-0.4, -0.2) is 17.5 Å². The molecule has 0 bridgehead atoms. The van der Waals surface area contributed by atoms with E-state index in [1.54, 1.807) is 0 Å². The number of aliphatic hydroxyl groups excluding tert-OH is 1. The van der Waals surface area contributed by atoms with Crippen molar-refractivity contribution < 1.29 is 9.90 Å². The average molecular weight is 232 g/mol. The van der Waals surface area contributed by atoms with Crippen LogP contribution in [0.2, 0.25) is 0 Å². The molecule has 3 aliphatic rings. The van der Waals surface area contributed by atoms with Crippen molar-refractivity contribution in [2.24, 2.45) is 22.7 Å². The van der Waals surface area contributed by atoms with Gasteiger partial charge in [0.25, 0.3) is 0 Å². The van der Waals surface area contributed by atoms with Crippen molar-refractivity contribution in [1.82, 2.24) is 0 Å². The van der Waals surface area contributed by atoms with E-state index in [1.165, 1.54) is 11.1 Å². The van der Waals surface area contributed by atoms with Crippen LogP contribution in [0.4, 0.5) is 0 Å². The van der Waals surface area contributed by atoms with Crippen LogP contribution >= 0.6 is 0 Å². The largest absolute Gasteiger partial charge is 0.388 e. The van der Waals surface area contributed by atoms with Crippen molar-refractivity contribution in [3.05, 3.63) is 23.3 Å². The number of aliphatic hydroxyl groups is 1. The molecule has 0 aromatic rings. The summed E-state index contributed by atoms with van der Waals surface area (Å²) in [7, 11) is 0. The molecule has 1 fully saturated rings. The number of rotatable bonds is 1. The zero-order valence-corrected chi connectivity index (χ0v) is 10.7. The van der Waals surface area contributed by atoms with Crippen LogP contribution in [0.25, 0.3) is 0 Å². The van der Waals surface area contributed by atoms with E-state index in [9.17, 15) is 9.90 Å². The lowest BCUT2D eigenvalue weighted by Gasteiger charge is -2.32. The molecule has 0 spiro atoms. The fourth-order valence-electron chi connectivity index (χ4n) is 4.31. The molecule has 0 aromatic carbocycles. The Morgan fingerprint density at radius 1 is 1.47 bits per heavy atom. The number of allylic oxidation sites excluding steroid dienone is 3. The van der Waals surface area contributed by atoms with Gasteiger partial charge in [-0.15, -0.1) is 0 Å². The first-order valence-corrected chi connectivity index (χ1v) is 6.49. The average Bonchev–Trinajstić information content (AvgIpc) is 2.67. The predicted octanol–water partition coefficient (Wildman–Crippen LogP) is 2.48. The first-order chi connectivity index (χ1) is 7.92. The molecule has 17 heavy (non-hydrogen) atoms. The maximum atomic E-state index is 11.6. The first-order valence-electron chi connectivity index (χ1n) is 6.49. The smallest absolute Gasteiger partial charge is 0.130 e. The zero-order valence-electron chi connectivity index (χ0n) is 10.7. The van der Waals surface area contributed by atoms with Gasteiger partial charge >= 0.3 is 0 Å². The highest BCUT2D eigenvalue weighted by Crippen LogP contribution is 2.65. The van der Waals surface area contributed by atoms with Crippen LogP contribution in [0, 0.1) is 22.7 Å². The third kappa shape index (κ3) is 1.17. The zero-order chi connectivity index (χ0) is 12.4. The molecular weight excluding hydrogens is 212 g/mol. The van der Waals surface area contributed by atoms with Crippen LogP contribution in [0.1, 0.15) is 33.6 Å². The topological polar surface area (TPSA) is 37.3 Å². The Morgan fingerprint density at radius 3 is 2.82 bits per heavy atom.